The number of nitrogens with zero attached hydrogens (tertiary/aromatic N) is 1. The minimum atomic E-state index is -0.892. The SMILES string of the molecule is C[C@@H](OC(=O)c1cccs1)C(=O)Nc1cccc2ncccc12. The van der Waals surface area contributed by atoms with E-state index >= 15 is 0 Å². The van der Waals surface area contributed by atoms with Gasteiger partial charge in [0.05, 0.1) is 11.2 Å². The number of anilines is 1. The van der Waals surface area contributed by atoms with Gasteiger partial charge in [0.2, 0.25) is 0 Å². The predicted octanol–water partition coefficient (Wildman–Crippen LogP) is 3.48. The molecule has 2 aromatic heterocycles. The molecule has 5 nitrogen and oxygen atoms in total. The van der Waals surface area contributed by atoms with Crippen LogP contribution in [0.15, 0.2) is 54.0 Å². The van der Waals surface area contributed by atoms with E-state index < -0.39 is 12.1 Å². The number of amides is 1. The van der Waals surface area contributed by atoms with Crippen molar-refractivity contribution in [3.8, 4) is 0 Å². The number of carbonyl (C=O) groups is 2. The van der Waals surface area contributed by atoms with Crippen LogP contribution < -0.4 is 5.32 Å². The average Bonchev–Trinajstić information content (AvgIpc) is 3.09. The topological polar surface area (TPSA) is 68.3 Å². The minimum absolute atomic E-state index is 0.383. The Hall–Kier alpha value is -2.73. The Morgan fingerprint density at radius 1 is 1.17 bits per heavy atom. The molecule has 0 fully saturated rings. The molecule has 1 amide bonds. The fraction of sp³-hybridized carbons (Fsp3) is 0.118. The second kappa shape index (κ2) is 6.58. The molecule has 1 N–H and O–H groups in total. The van der Waals surface area contributed by atoms with Crippen molar-refractivity contribution < 1.29 is 14.3 Å². The monoisotopic (exact) mass is 326 g/mol. The summed E-state index contributed by atoms with van der Waals surface area (Å²) in [4.78, 5) is 28.9. The molecule has 3 rings (SSSR count). The number of fused-ring (bicyclic) bond motifs is 1. The molecule has 3 aromatic rings. The highest BCUT2D eigenvalue weighted by Gasteiger charge is 2.20. The summed E-state index contributed by atoms with van der Waals surface area (Å²) in [6, 6.07) is 12.6. The molecule has 0 aliphatic rings. The molecule has 0 spiro atoms. The lowest BCUT2D eigenvalue weighted by Gasteiger charge is -2.14. The van der Waals surface area contributed by atoms with Crippen molar-refractivity contribution in [3.05, 3.63) is 58.9 Å². The summed E-state index contributed by atoms with van der Waals surface area (Å²) in [6.07, 6.45) is 0.802. The highest BCUT2D eigenvalue weighted by Crippen LogP contribution is 2.21. The summed E-state index contributed by atoms with van der Waals surface area (Å²) in [5.74, 6) is -0.881. The summed E-state index contributed by atoms with van der Waals surface area (Å²) < 4.78 is 5.18. The van der Waals surface area contributed by atoms with Gasteiger partial charge in [-0.3, -0.25) is 9.78 Å². The van der Waals surface area contributed by atoms with Crippen LogP contribution in [0.25, 0.3) is 10.9 Å². The van der Waals surface area contributed by atoms with Crippen LogP contribution in [0.2, 0.25) is 0 Å². The summed E-state index contributed by atoms with van der Waals surface area (Å²) in [5.41, 5.74) is 1.42. The van der Waals surface area contributed by atoms with Gasteiger partial charge in [-0.25, -0.2) is 4.79 Å². The zero-order valence-electron chi connectivity index (χ0n) is 12.4. The van der Waals surface area contributed by atoms with E-state index in [0.717, 1.165) is 10.9 Å². The van der Waals surface area contributed by atoms with E-state index in [4.69, 9.17) is 4.74 Å². The van der Waals surface area contributed by atoms with Crippen LogP contribution in [0.4, 0.5) is 5.69 Å². The largest absolute Gasteiger partial charge is 0.448 e. The van der Waals surface area contributed by atoms with Crippen molar-refractivity contribution >= 4 is 39.8 Å². The summed E-state index contributed by atoms with van der Waals surface area (Å²) in [7, 11) is 0. The summed E-state index contributed by atoms with van der Waals surface area (Å²) in [6.45, 7) is 1.55. The molecule has 0 aliphatic heterocycles. The van der Waals surface area contributed by atoms with Crippen molar-refractivity contribution in [2.24, 2.45) is 0 Å². The van der Waals surface area contributed by atoms with Crippen molar-refractivity contribution in [3.63, 3.8) is 0 Å². The van der Waals surface area contributed by atoms with Gasteiger partial charge >= 0.3 is 5.97 Å². The Balaban J connectivity index is 1.72. The van der Waals surface area contributed by atoms with Gasteiger partial charge in [-0.15, -0.1) is 11.3 Å². The first-order valence-corrected chi connectivity index (χ1v) is 7.92. The first-order valence-electron chi connectivity index (χ1n) is 7.04. The molecule has 0 radical (unpaired) electrons. The van der Waals surface area contributed by atoms with Crippen LogP contribution in [-0.4, -0.2) is 23.0 Å². The van der Waals surface area contributed by atoms with Crippen LogP contribution in [0.1, 0.15) is 16.6 Å². The molecule has 0 saturated carbocycles. The third-order valence-corrected chi connectivity index (χ3v) is 4.13. The Kier molecular flexibility index (Phi) is 4.34. The molecule has 0 aliphatic carbocycles. The number of esters is 1. The first-order chi connectivity index (χ1) is 11.1. The highest BCUT2D eigenvalue weighted by atomic mass is 32.1. The molecule has 1 aromatic carbocycles. The number of pyridine rings is 1. The van der Waals surface area contributed by atoms with Gasteiger partial charge in [0.25, 0.3) is 5.91 Å². The number of hydrogen-bond acceptors (Lipinski definition) is 5. The molecular weight excluding hydrogens is 312 g/mol. The highest BCUT2D eigenvalue weighted by molar-refractivity contribution is 7.11. The number of aromatic nitrogens is 1. The molecule has 0 saturated heterocycles. The minimum Gasteiger partial charge on any atom is -0.448 e. The molecule has 0 unspecified atom stereocenters. The Labute approximate surface area is 136 Å². The number of hydrogen-bond donors (Lipinski definition) is 1. The molecule has 116 valence electrons. The van der Waals surface area contributed by atoms with Gasteiger partial charge < -0.3 is 10.1 Å². The van der Waals surface area contributed by atoms with Crippen molar-refractivity contribution in [2.45, 2.75) is 13.0 Å². The van der Waals surface area contributed by atoms with E-state index in [-0.39, 0.29) is 5.91 Å². The number of nitrogens with one attached hydrogen (secondary N) is 1. The zero-order valence-corrected chi connectivity index (χ0v) is 13.2. The number of benzene rings is 1. The number of carbonyl (C=O) groups excluding carboxylic acids is 2. The standard InChI is InChI=1S/C17H14N2O3S/c1-11(22-17(21)15-8-4-10-23-15)16(20)19-14-7-2-6-13-12(14)5-3-9-18-13/h2-11H,1H3,(H,19,20)/t11-/m1/s1. The van der Waals surface area contributed by atoms with E-state index in [0.29, 0.717) is 10.6 Å². The van der Waals surface area contributed by atoms with Crippen LogP contribution in [0, 0.1) is 0 Å². The summed E-state index contributed by atoms with van der Waals surface area (Å²) in [5, 5.41) is 5.40. The van der Waals surface area contributed by atoms with E-state index in [1.165, 1.54) is 11.3 Å². The quantitative estimate of drug-likeness (QED) is 0.745. The van der Waals surface area contributed by atoms with Crippen molar-refractivity contribution in [1.29, 1.82) is 0 Å². The maximum Gasteiger partial charge on any atom is 0.349 e. The van der Waals surface area contributed by atoms with Gasteiger partial charge in [0.1, 0.15) is 4.88 Å². The van der Waals surface area contributed by atoms with Gasteiger partial charge in [0.15, 0.2) is 6.10 Å². The van der Waals surface area contributed by atoms with E-state index in [1.807, 2.05) is 18.2 Å². The van der Waals surface area contributed by atoms with Crippen molar-refractivity contribution in [1.82, 2.24) is 4.98 Å². The van der Waals surface area contributed by atoms with Gasteiger partial charge in [-0.05, 0) is 42.6 Å². The number of ether oxygens (including phenoxy) is 1. The lowest BCUT2D eigenvalue weighted by Crippen LogP contribution is -2.29. The first kappa shape index (κ1) is 15.2. The zero-order chi connectivity index (χ0) is 16.2. The lowest BCUT2D eigenvalue weighted by molar-refractivity contribution is -0.123. The van der Waals surface area contributed by atoms with E-state index in [2.05, 4.69) is 10.3 Å². The van der Waals surface area contributed by atoms with Crippen LogP contribution in [0.3, 0.4) is 0 Å². The Bertz CT molecular complexity index is 841. The number of thiophene rings is 1. The van der Waals surface area contributed by atoms with Crippen LogP contribution in [0.5, 0.6) is 0 Å². The van der Waals surface area contributed by atoms with Crippen LogP contribution in [-0.2, 0) is 9.53 Å². The Morgan fingerprint density at radius 3 is 2.83 bits per heavy atom. The predicted molar refractivity (Wildman–Crippen MR) is 89.6 cm³/mol. The second-order valence-corrected chi connectivity index (χ2v) is 5.84. The fourth-order valence-electron chi connectivity index (χ4n) is 2.11. The normalized spacial score (nSPS) is 11.9. The molecule has 6 heteroatoms. The molecule has 0 bridgehead atoms. The Morgan fingerprint density at radius 2 is 2.04 bits per heavy atom. The average molecular weight is 326 g/mol. The fourth-order valence-corrected chi connectivity index (χ4v) is 2.72. The third-order valence-electron chi connectivity index (χ3n) is 3.28. The van der Waals surface area contributed by atoms with Gasteiger partial charge in [-0.2, -0.15) is 0 Å². The molecule has 23 heavy (non-hydrogen) atoms. The number of rotatable bonds is 4. The second-order valence-electron chi connectivity index (χ2n) is 4.89. The van der Waals surface area contributed by atoms with Crippen LogP contribution >= 0.6 is 11.3 Å². The van der Waals surface area contributed by atoms with Crippen molar-refractivity contribution in [2.75, 3.05) is 5.32 Å². The third kappa shape index (κ3) is 3.37. The van der Waals surface area contributed by atoms with E-state index in [1.54, 1.807) is 42.8 Å². The van der Waals surface area contributed by atoms with Gasteiger partial charge in [0, 0.05) is 11.6 Å². The van der Waals surface area contributed by atoms with Gasteiger partial charge in [-0.1, -0.05) is 12.1 Å². The molecule has 1 atom stereocenters. The smallest absolute Gasteiger partial charge is 0.349 e. The summed E-state index contributed by atoms with van der Waals surface area (Å²) >= 11 is 1.28. The maximum absolute atomic E-state index is 12.3. The molecule has 2 heterocycles. The molecular formula is C17H14N2O3S. The maximum atomic E-state index is 12.3. The van der Waals surface area contributed by atoms with E-state index in [9.17, 15) is 9.59 Å². The lowest BCUT2D eigenvalue weighted by atomic mass is 10.2.